The molecule has 0 aliphatic carbocycles. The lowest BCUT2D eigenvalue weighted by molar-refractivity contribution is -0.384. The number of anilines is 1. The molecular weight excluding hydrogens is 220 g/mol. The monoisotopic (exact) mass is 232 g/mol. The van der Waals surface area contributed by atoms with Crippen LogP contribution in [0.2, 0.25) is 0 Å². The van der Waals surface area contributed by atoms with E-state index in [9.17, 15) is 14.9 Å². The molecule has 0 saturated heterocycles. The number of terminal acetylenes is 1. The molecule has 1 rings (SSSR count). The molecule has 0 heterocycles. The number of rotatable bonds is 5. The van der Waals surface area contributed by atoms with Crippen molar-refractivity contribution in [3.8, 4) is 12.3 Å². The molecule has 0 N–H and O–H groups in total. The topological polar surface area (TPSA) is 63.4 Å². The Hall–Kier alpha value is -2.35. The summed E-state index contributed by atoms with van der Waals surface area (Å²) in [4.78, 5) is 22.8. The summed E-state index contributed by atoms with van der Waals surface area (Å²) in [5.74, 6) is 2.48. The normalized spacial score (nSPS) is 9.41. The van der Waals surface area contributed by atoms with E-state index in [2.05, 4.69) is 5.92 Å². The highest BCUT2D eigenvalue weighted by atomic mass is 16.6. The van der Waals surface area contributed by atoms with Crippen LogP contribution in [0.5, 0.6) is 0 Å². The van der Waals surface area contributed by atoms with Crippen LogP contribution in [0, 0.1) is 22.5 Å². The number of aldehydes is 1. The molecule has 0 unspecified atom stereocenters. The van der Waals surface area contributed by atoms with E-state index in [-0.39, 0.29) is 11.3 Å². The van der Waals surface area contributed by atoms with Gasteiger partial charge in [0, 0.05) is 29.9 Å². The summed E-state index contributed by atoms with van der Waals surface area (Å²) < 4.78 is 0. The van der Waals surface area contributed by atoms with E-state index in [1.165, 1.54) is 12.1 Å². The van der Waals surface area contributed by atoms with Crippen molar-refractivity contribution in [1.29, 1.82) is 0 Å². The van der Waals surface area contributed by atoms with Crippen molar-refractivity contribution >= 4 is 17.7 Å². The summed E-state index contributed by atoms with van der Waals surface area (Å²) in [5, 5.41) is 10.6. The number of carbonyl (C=O) groups is 1. The number of nitro benzene ring substituents is 1. The maximum atomic E-state index is 10.9. The van der Waals surface area contributed by atoms with Crippen LogP contribution in [-0.4, -0.2) is 24.3 Å². The van der Waals surface area contributed by atoms with Crippen LogP contribution in [0.1, 0.15) is 17.3 Å². The predicted molar refractivity (Wildman–Crippen MR) is 65.2 cm³/mol. The number of non-ortho nitro benzene ring substituents is 1. The third-order valence-electron chi connectivity index (χ3n) is 2.35. The largest absolute Gasteiger partial charge is 0.360 e. The molecule has 0 aromatic heterocycles. The Bertz CT molecular complexity index is 477. The van der Waals surface area contributed by atoms with Crippen molar-refractivity contribution in [2.24, 2.45) is 0 Å². The molecule has 5 nitrogen and oxygen atoms in total. The molecule has 1 aromatic carbocycles. The first-order chi connectivity index (χ1) is 8.13. The molecule has 0 bridgehead atoms. The van der Waals surface area contributed by atoms with Crippen molar-refractivity contribution in [2.75, 3.05) is 18.0 Å². The van der Waals surface area contributed by atoms with Gasteiger partial charge in [0.05, 0.1) is 11.5 Å². The highest BCUT2D eigenvalue weighted by molar-refractivity contribution is 5.86. The van der Waals surface area contributed by atoms with Crippen LogP contribution >= 0.6 is 0 Å². The van der Waals surface area contributed by atoms with E-state index in [1.54, 1.807) is 11.0 Å². The fraction of sp³-hybridized carbons (Fsp3) is 0.250. The van der Waals surface area contributed by atoms with Gasteiger partial charge in [0.2, 0.25) is 0 Å². The van der Waals surface area contributed by atoms with Gasteiger partial charge in [-0.25, -0.2) is 0 Å². The molecule has 1 aromatic rings. The summed E-state index contributed by atoms with van der Waals surface area (Å²) in [5.41, 5.74) is 0.787. The van der Waals surface area contributed by atoms with Gasteiger partial charge in [-0.15, -0.1) is 6.42 Å². The summed E-state index contributed by atoms with van der Waals surface area (Å²) in [7, 11) is 0. The summed E-state index contributed by atoms with van der Waals surface area (Å²) in [6.45, 7) is 2.88. The Morgan fingerprint density at radius 1 is 1.59 bits per heavy atom. The quantitative estimate of drug-likeness (QED) is 0.336. The highest BCUT2D eigenvalue weighted by Gasteiger charge is 2.13. The van der Waals surface area contributed by atoms with Gasteiger partial charge in [-0.2, -0.15) is 0 Å². The maximum absolute atomic E-state index is 10.9. The second-order valence-corrected chi connectivity index (χ2v) is 3.34. The molecule has 0 atom stereocenters. The zero-order valence-corrected chi connectivity index (χ0v) is 9.42. The Kier molecular flexibility index (Phi) is 4.23. The molecule has 0 fully saturated rings. The van der Waals surface area contributed by atoms with Gasteiger partial charge in [-0.1, -0.05) is 5.92 Å². The van der Waals surface area contributed by atoms with Crippen LogP contribution in [0.25, 0.3) is 0 Å². The molecule has 0 aliphatic heterocycles. The lowest BCUT2D eigenvalue weighted by Gasteiger charge is -2.21. The minimum atomic E-state index is -0.533. The average Bonchev–Trinajstić information content (AvgIpc) is 2.35. The van der Waals surface area contributed by atoms with E-state index in [4.69, 9.17) is 6.42 Å². The first-order valence-electron chi connectivity index (χ1n) is 5.06. The number of hydrogen-bond acceptors (Lipinski definition) is 4. The second-order valence-electron chi connectivity index (χ2n) is 3.34. The first kappa shape index (κ1) is 12.7. The van der Waals surface area contributed by atoms with Gasteiger partial charge in [-0.05, 0) is 13.0 Å². The van der Waals surface area contributed by atoms with Gasteiger partial charge < -0.3 is 4.90 Å². The molecular formula is C12H12N2O3. The number of carbonyl (C=O) groups excluding carboxylic acids is 1. The third-order valence-corrected chi connectivity index (χ3v) is 2.35. The minimum Gasteiger partial charge on any atom is -0.360 e. The number of hydrogen-bond donors (Lipinski definition) is 0. The summed E-state index contributed by atoms with van der Waals surface area (Å²) in [6.07, 6.45) is 5.82. The molecule has 0 radical (unpaired) electrons. The van der Waals surface area contributed by atoms with E-state index >= 15 is 0 Å². The Balaban J connectivity index is 3.20. The van der Waals surface area contributed by atoms with Gasteiger partial charge in [0.25, 0.3) is 5.69 Å². The van der Waals surface area contributed by atoms with Crippen molar-refractivity contribution in [3.63, 3.8) is 0 Å². The van der Waals surface area contributed by atoms with Crippen LogP contribution in [0.4, 0.5) is 11.4 Å². The van der Waals surface area contributed by atoms with Crippen molar-refractivity contribution in [1.82, 2.24) is 0 Å². The molecule has 0 saturated carbocycles. The van der Waals surface area contributed by atoms with Gasteiger partial charge in [0.1, 0.15) is 0 Å². The fourth-order valence-corrected chi connectivity index (χ4v) is 1.52. The lowest BCUT2D eigenvalue weighted by Crippen LogP contribution is -2.24. The molecule has 0 aliphatic rings. The number of nitrogens with zero attached hydrogens (tertiary/aromatic N) is 2. The van der Waals surface area contributed by atoms with Gasteiger partial charge in [-0.3, -0.25) is 14.9 Å². The van der Waals surface area contributed by atoms with Gasteiger partial charge in [0.15, 0.2) is 6.29 Å². The van der Waals surface area contributed by atoms with Crippen LogP contribution in [0.3, 0.4) is 0 Å². The number of benzene rings is 1. The summed E-state index contributed by atoms with van der Waals surface area (Å²) >= 11 is 0. The SMILES string of the molecule is C#CCN(CC)c1ccc([N+](=O)[O-])cc1C=O. The van der Waals surface area contributed by atoms with Crippen LogP contribution in [-0.2, 0) is 0 Å². The van der Waals surface area contributed by atoms with Crippen LogP contribution in [0.15, 0.2) is 18.2 Å². The van der Waals surface area contributed by atoms with E-state index < -0.39 is 4.92 Å². The van der Waals surface area contributed by atoms with Crippen molar-refractivity contribution in [3.05, 3.63) is 33.9 Å². The molecule has 17 heavy (non-hydrogen) atoms. The fourth-order valence-electron chi connectivity index (χ4n) is 1.52. The lowest BCUT2D eigenvalue weighted by atomic mass is 10.1. The van der Waals surface area contributed by atoms with E-state index in [1.807, 2.05) is 6.92 Å². The second kappa shape index (κ2) is 5.66. The summed E-state index contributed by atoms with van der Waals surface area (Å²) in [6, 6.07) is 4.16. The first-order valence-corrected chi connectivity index (χ1v) is 5.06. The number of nitro groups is 1. The molecule has 88 valence electrons. The zero-order chi connectivity index (χ0) is 12.8. The zero-order valence-electron chi connectivity index (χ0n) is 9.42. The molecule has 0 amide bonds. The van der Waals surface area contributed by atoms with Crippen molar-refractivity contribution in [2.45, 2.75) is 6.92 Å². The average molecular weight is 232 g/mol. The molecule has 5 heteroatoms. The predicted octanol–water partition coefficient (Wildman–Crippen LogP) is 1.87. The third kappa shape index (κ3) is 2.82. The van der Waals surface area contributed by atoms with E-state index in [0.717, 1.165) is 0 Å². The van der Waals surface area contributed by atoms with Crippen LogP contribution < -0.4 is 4.90 Å². The van der Waals surface area contributed by atoms with Crippen molar-refractivity contribution < 1.29 is 9.72 Å². The Labute approximate surface area is 99.2 Å². The molecule has 0 spiro atoms. The Morgan fingerprint density at radius 3 is 2.76 bits per heavy atom. The standard InChI is InChI=1S/C12H12N2O3/c1-3-7-13(4-2)12-6-5-11(14(16)17)8-10(12)9-15/h1,5-6,8-9H,4,7H2,2H3. The maximum Gasteiger partial charge on any atom is 0.270 e. The smallest absolute Gasteiger partial charge is 0.270 e. The van der Waals surface area contributed by atoms with Gasteiger partial charge >= 0.3 is 0 Å². The van der Waals surface area contributed by atoms with E-state index in [0.29, 0.717) is 25.1 Å². The Morgan fingerprint density at radius 2 is 2.29 bits per heavy atom. The minimum absolute atomic E-state index is 0.104. The highest BCUT2D eigenvalue weighted by Crippen LogP contribution is 2.23.